The van der Waals surface area contributed by atoms with E-state index in [0.717, 1.165) is 26.1 Å². The van der Waals surface area contributed by atoms with Crippen molar-refractivity contribution in [1.82, 2.24) is 4.90 Å². The van der Waals surface area contributed by atoms with E-state index in [1.807, 2.05) is 0 Å². The van der Waals surface area contributed by atoms with Gasteiger partial charge in [0, 0.05) is 18.0 Å². The molecule has 0 bridgehead atoms. The van der Waals surface area contributed by atoms with Crippen molar-refractivity contribution in [2.24, 2.45) is 11.1 Å². The number of hydrogen-bond acceptors (Lipinski definition) is 3. The van der Waals surface area contributed by atoms with Gasteiger partial charge in [-0.1, -0.05) is 26.0 Å². The van der Waals surface area contributed by atoms with E-state index in [2.05, 4.69) is 56.3 Å². The van der Waals surface area contributed by atoms with Crippen molar-refractivity contribution in [1.29, 1.82) is 0 Å². The number of benzene rings is 1. The summed E-state index contributed by atoms with van der Waals surface area (Å²) in [5.41, 5.74) is 7.32. The van der Waals surface area contributed by atoms with Crippen molar-refractivity contribution in [2.45, 2.75) is 31.7 Å². The van der Waals surface area contributed by atoms with Gasteiger partial charge in [-0.25, -0.2) is 0 Å². The highest BCUT2D eigenvalue weighted by atomic mass is 32.2. The third kappa shape index (κ3) is 5.42. The molecule has 0 aliphatic carbocycles. The Labute approximate surface area is 116 Å². The summed E-state index contributed by atoms with van der Waals surface area (Å²) >= 11 is 1.79. The summed E-state index contributed by atoms with van der Waals surface area (Å²) in [5, 5.41) is 0. The van der Waals surface area contributed by atoms with Crippen LogP contribution < -0.4 is 5.73 Å². The maximum atomic E-state index is 5.65. The summed E-state index contributed by atoms with van der Waals surface area (Å²) in [6, 6.07) is 8.83. The smallest absolute Gasteiger partial charge is 0.0230 e. The van der Waals surface area contributed by atoms with E-state index in [1.54, 1.807) is 11.8 Å². The Hall–Kier alpha value is -0.510. The van der Waals surface area contributed by atoms with Gasteiger partial charge in [-0.3, -0.25) is 0 Å². The summed E-state index contributed by atoms with van der Waals surface area (Å²) in [6.07, 6.45) is 3.18. The van der Waals surface area contributed by atoms with Crippen LogP contribution in [0.3, 0.4) is 0 Å². The van der Waals surface area contributed by atoms with E-state index < -0.39 is 0 Å². The molecule has 0 spiro atoms. The van der Waals surface area contributed by atoms with Crippen molar-refractivity contribution in [3.05, 3.63) is 29.8 Å². The molecule has 0 saturated heterocycles. The molecule has 2 nitrogen and oxygen atoms in total. The van der Waals surface area contributed by atoms with Crippen LogP contribution >= 0.6 is 11.8 Å². The first-order valence-corrected chi connectivity index (χ1v) is 7.71. The van der Waals surface area contributed by atoms with Crippen molar-refractivity contribution in [3.8, 4) is 0 Å². The zero-order valence-corrected chi connectivity index (χ0v) is 12.9. The minimum atomic E-state index is 0.294. The number of thioether (sulfide) groups is 1. The average Bonchev–Trinajstić information content (AvgIpc) is 2.28. The third-order valence-electron chi connectivity index (χ3n) is 3.13. The number of nitrogens with zero attached hydrogens (tertiary/aromatic N) is 1. The van der Waals surface area contributed by atoms with Crippen LogP contribution in [0.15, 0.2) is 29.2 Å². The van der Waals surface area contributed by atoms with Gasteiger partial charge < -0.3 is 10.6 Å². The van der Waals surface area contributed by atoms with Gasteiger partial charge in [-0.15, -0.1) is 11.8 Å². The van der Waals surface area contributed by atoms with Crippen molar-refractivity contribution >= 4 is 11.8 Å². The van der Waals surface area contributed by atoms with Crippen molar-refractivity contribution in [2.75, 3.05) is 26.4 Å². The lowest BCUT2D eigenvalue weighted by atomic mass is 9.89. The maximum Gasteiger partial charge on any atom is 0.0230 e. The summed E-state index contributed by atoms with van der Waals surface area (Å²) in [7, 11) is 2.18. The van der Waals surface area contributed by atoms with Gasteiger partial charge in [0.05, 0.1) is 0 Å². The molecular weight excluding hydrogens is 240 g/mol. The minimum Gasteiger partial charge on any atom is -0.330 e. The van der Waals surface area contributed by atoms with Crippen LogP contribution in [0.1, 0.15) is 25.8 Å². The summed E-state index contributed by atoms with van der Waals surface area (Å²) in [4.78, 5) is 3.70. The molecule has 0 radical (unpaired) electrons. The molecule has 0 aliphatic heterocycles. The molecule has 102 valence electrons. The standard InChI is InChI=1S/C15H26N2S/c1-15(2,9-10-16)12-17(3)11-13-5-7-14(18-4)8-6-13/h5-8H,9-12,16H2,1-4H3. The van der Waals surface area contributed by atoms with Gasteiger partial charge in [-0.05, 0) is 49.4 Å². The summed E-state index contributed by atoms with van der Waals surface area (Å²) < 4.78 is 0. The first-order valence-electron chi connectivity index (χ1n) is 6.48. The molecule has 0 aromatic heterocycles. The molecular formula is C15H26N2S. The Bertz CT molecular complexity index is 346. The zero-order valence-electron chi connectivity index (χ0n) is 12.1. The molecule has 0 atom stereocenters. The normalized spacial score (nSPS) is 12.1. The van der Waals surface area contributed by atoms with Gasteiger partial charge >= 0.3 is 0 Å². The molecule has 0 heterocycles. The topological polar surface area (TPSA) is 29.3 Å². The van der Waals surface area contributed by atoms with Gasteiger partial charge in [0.15, 0.2) is 0 Å². The van der Waals surface area contributed by atoms with Crippen molar-refractivity contribution in [3.63, 3.8) is 0 Å². The predicted octanol–water partition coefficient (Wildman–Crippen LogP) is 3.22. The second-order valence-electron chi connectivity index (χ2n) is 5.72. The zero-order chi connectivity index (χ0) is 13.6. The van der Waals surface area contributed by atoms with Crippen LogP contribution in [0.4, 0.5) is 0 Å². The lowest BCUT2D eigenvalue weighted by Gasteiger charge is -2.30. The molecule has 0 amide bonds. The Kier molecular flexibility index (Phi) is 6.19. The first kappa shape index (κ1) is 15.5. The van der Waals surface area contributed by atoms with Gasteiger partial charge in [0.2, 0.25) is 0 Å². The molecule has 1 rings (SSSR count). The highest BCUT2D eigenvalue weighted by Gasteiger charge is 2.19. The highest BCUT2D eigenvalue weighted by Crippen LogP contribution is 2.22. The Balaban J connectivity index is 2.50. The quantitative estimate of drug-likeness (QED) is 0.768. The fourth-order valence-electron chi connectivity index (χ4n) is 2.30. The third-order valence-corrected chi connectivity index (χ3v) is 3.87. The predicted molar refractivity (Wildman–Crippen MR) is 82.0 cm³/mol. The lowest BCUT2D eigenvalue weighted by Crippen LogP contribution is -2.32. The summed E-state index contributed by atoms with van der Waals surface area (Å²) in [6.45, 7) is 7.42. The fraction of sp³-hybridized carbons (Fsp3) is 0.600. The molecule has 0 saturated carbocycles. The SMILES string of the molecule is CSc1ccc(CN(C)CC(C)(C)CCN)cc1. The molecule has 1 aromatic carbocycles. The first-order chi connectivity index (χ1) is 8.46. The molecule has 18 heavy (non-hydrogen) atoms. The van der Waals surface area contributed by atoms with E-state index in [9.17, 15) is 0 Å². The molecule has 0 fully saturated rings. The highest BCUT2D eigenvalue weighted by molar-refractivity contribution is 7.98. The second-order valence-corrected chi connectivity index (χ2v) is 6.60. The minimum absolute atomic E-state index is 0.294. The number of nitrogens with two attached hydrogens (primary N) is 1. The van der Waals surface area contributed by atoms with Crippen LogP contribution in [-0.4, -0.2) is 31.3 Å². The number of hydrogen-bond donors (Lipinski definition) is 1. The molecule has 2 N–H and O–H groups in total. The van der Waals surface area contributed by atoms with Crippen LogP contribution in [0.2, 0.25) is 0 Å². The molecule has 0 aliphatic rings. The molecule has 3 heteroatoms. The molecule has 0 unspecified atom stereocenters. The fourth-order valence-corrected chi connectivity index (χ4v) is 2.71. The Morgan fingerprint density at radius 3 is 2.33 bits per heavy atom. The monoisotopic (exact) mass is 266 g/mol. The van der Waals surface area contributed by atoms with Crippen LogP contribution in [0.25, 0.3) is 0 Å². The van der Waals surface area contributed by atoms with E-state index in [0.29, 0.717) is 5.41 Å². The second kappa shape index (κ2) is 7.17. The van der Waals surface area contributed by atoms with E-state index in [4.69, 9.17) is 5.73 Å². The van der Waals surface area contributed by atoms with Gasteiger partial charge in [-0.2, -0.15) is 0 Å². The maximum absolute atomic E-state index is 5.65. The van der Waals surface area contributed by atoms with E-state index in [1.165, 1.54) is 10.5 Å². The Morgan fingerprint density at radius 1 is 1.22 bits per heavy atom. The Morgan fingerprint density at radius 2 is 1.83 bits per heavy atom. The van der Waals surface area contributed by atoms with Gasteiger partial charge in [0.25, 0.3) is 0 Å². The molecule has 1 aromatic rings. The average molecular weight is 266 g/mol. The number of rotatable bonds is 7. The van der Waals surface area contributed by atoms with E-state index >= 15 is 0 Å². The van der Waals surface area contributed by atoms with Crippen LogP contribution in [0.5, 0.6) is 0 Å². The van der Waals surface area contributed by atoms with Gasteiger partial charge in [0.1, 0.15) is 0 Å². The summed E-state index contributed by atoms with van der Waals surface area (Å²) in [5.74, 6) is 0. The van der Waals surface area contributed by atoms with Crippen LogP contribution in [-0.2, 0) is 6.54 Å². The lowest BCUT2D eigenvalue weighted by molar-refractivity contribution is 0.195. The van der Waals surface area contributed by atoms with Crippen LogP contribution in [0, 0.1) is 5.41 Å². The largest absolute Gasteiger partial charge is 0.330 e. The van der Waals surface area contributed by atoms with E-state index in [-0.39, 0.29) is 0 Å². The van der Waals surface area contributed by atoms with Crippen molar-refractivity contribution < 1.29 is 0 Å².